The van der Waals surface area contributed by atoms with Crippen molar-refractivity contribution in [1.82, 2.24) is 4.90 Å². The number of rotatable bonds is 4. The molecule has 1 unspecified atom stereocenters. The monoisotopic (exact) mass is 325 g/mol. The minimum atomic E-state index is 0.171. The van der Waals surface area contributed by atoms with Crippen LogP contribution in [-0.2, 0) is 11.2 Å². The summed E-state index contributed by atoms with van der Waals surface area (Å²) in [5.74, 6) is 1.02. The van der Waals surface area contributed by atoms with Gasteiger partial charge in [-0.1, -0.05) is 28.1 Å². The summed E-state index contributed by atoms with van der Waals surface area (Å²) in [6, 6.07) is 6.96. The van der Waals surface area contributed by atoms with E-state index in [-0.39, 0.29) is 11.7 Å². The molecule has 0 saturated carbocycles. The van der Waals surface area contributed by atoms with Gasteiger partial charge in [0.1, 0.15) is 5.75 Å². The zero-order chi connectivity index (χ0) is 13.7. The molecular formula is C15H20BrNO2. The van der Waals surface area contributed by atoms with Crippen LogP contribution in [0.25, 0.3) is 0 Å². The molecular weight excluding hydrogens is 306 g/mol. The first-order chi connectivity index (χ1) is 9.19. The maximum Gasteiger partial charge on any atom is 0.227 e. The molecule has 1 aromatic rings. The number of hydrogen-bond donors (Lipinski definition) is 1. The van der Waals surface area contributed by atoms with Crippen molar-refractivity contribution in [3.63, 3.8) is 0 Å². The average Bonchev–Trinajstić information content (AvgIpc) is 2.39. The van der Waals surface area contributed by atoms with Crippen LogP contribution >= 0.6 is 15.9 Å². The number of likely N-dealkylation sites (tertiary alicyclic amines) is 1. The van der Waals surface area contributed by atoms with E-state index < -0.39 is 0 Å². The van der Waals surface area contributed by atoms with Crippen LogP contribution in [0.3, 0.4) is 0 Å². The number of carbonyl (C=O) groups is 1. The molecule has 0 radical (unpaired) electrons. The van der Waals surface area contributed by atoms with Crippen molar-refractivity contribution in [1.29, 1.82) is 0 Å². The average molecular weight is 326 g/mol. The molecule has 0 aliphatic carbocycles. The van der Waals surface area contributed by atoms with Gasteiger partial charge in [0.2, 0.25) is 5.91 Å². The Kier molecular flexibility index (Phi) is 5.25. The van der Waals surface area contributed by atoms with Crippen molar-refractivity contribution >= 4 is 21.8 Å². The highest BCUT2D eigenvalue weighted by atomic mass is 79.9. The third-order valence-corrected chi connectivity index (χ3v) is 4.11. The van der Waals surface area contributed by atoms with Crippen molar-refractivity contribution in [3.8, 4) is 5.75 Å². The molecule has 1 aliphatic rings. The molecule has 4 heteroatoms. The van der Waals surface area contributed by atoms with Gasteiger partial charge in [0.25, 0.3) is 0 Å². The lowest BCUT2D eigenvalue weighted by molar-refractivity contribution is -0.132. The van der Waals surface area contributed by atoms with Crippen LogP contribution in [-0.4, -0.2) is 34.3 Å². The van der Waals surface area contributed by atoms with Gasteiger partial charge in [-0.2, -0.15) is 0 Å². The van der Waals surface area contributed by atoms with E-state index in [1.807, 2.05) is 11.0 Å². The van der Waals surface area contributed by atoms with Crippen molar-refractivity contribution in [2.45, 2.75) is 25.7 Å². The van der Waals surface area contributed by atoms with Crippen LogP contribution in [0.2, 0.25) is 0 Å². The Bertz CT molecular complexity index is 434. The van der Waals surface area contributed by atoms with E-state index in [9.17, 15) is 9.90 Å². The van der Waals surface area contributed by atoms with Crippen LogP contribution in [0.15, 0.2) is 24.3 Å². The van der Waals surface area contributed by atoms with Gasteiger partial charge in [-0.05, 0) is 42.9 Å². The number of phenols is 1. The standard InChI is InChI=1S/C15H20BrNO2/c16-7-6-12-4-2-8-17(11-12)15(19)10-13-3-1-5-14(18)9-13/h1,3,5,9,12,18H,2,4,6-8,10-11H2. The first kappa shape index (κ1) is 14.4. The molecule has 0 aromatic heterocycles. The zero-order valence-electron chi connectivity index (χ0n) is 11.0. The fourth-order valence-corrected chi connectivity index (χ4v) is 3.28. The molecule has 1 amide bonds. The summed E-state index contributed by atoms with van der Waals surface area (Å²) in [4.78, 5) is 14.2. The second-order valence-electron chi connectivity index (χ2n) is 5.17. The largest absolute Gasteiger partial charge is 0.508 e. The minimum absolute atomic E-state index is 0.171. The molecule has 0 spiro atoms. The van der Waals surface area contributed by atoms with Gasteiger partial charge in [-0.15, -0.1) is 0 Å². The highest BCUT2D eigenvalue weighted by molar-refractivity contribution is 9.09. The van der Waals surface area contributed by atoms with E-state index in [0.717, 1.165) is 36.8 Å². The Balaban J connectivity index is 1.92. The van der Waals surface area contributed by atoms with Gasteiger partial charge < -0.3 is 10.0 Å². The molecule has 1 atom stereocenters. The lowest BCUT2D eigenvalue weighted by Gasteiger charge is -2.32. The number of benzene rings is 1. The van der Waals surface area contributed by atoms with E-state index in [4.69, 9.17) is 0 Å². The van der Waals surface area contributed by atoms with E-state index in [0.29, 0.717) is 12.3 Å². The second kappa shape index (κ2) is 6.94. The Morgan fingerprint density at radius 2 is 2.32 bits per heavy atom. The van der Waals surface area contributed by atoms with Crippen molar-refractivity contribution in [2.24, 2.45) is 5.92 Å². The smallest absolute Gasteiger partial charge is 0.227 e. The first-order valence-corrected chi connectivity index (χ1v) is 7.93. The number of alkyl halides is 1. The predicted octanol–water partition coefficient (Wildman–Crippen LogP) is 2.96. The van der Waals surface area contributed by atoms with Crippen molar-refractivity contribution in [2.75, 3.05) is 18.4 Å². The summed E-state index contributed by atoms with van der Waals surface area (Å²) < 4.78 is 0. The Morgan fingerprint density at radius 1 is 1.47 bits per heavy atom. The van der Waals surface area contributed by atoms with Crippen LogP contribution in [0.4, 0.5) is 0 Å². The van der Waals surface area contributed by atoms with E-state index in [1.165, 1.54) is 6.42 Å². The molecule has 19 heavy (non-hydrogen) atoms. The molecule has 1 heterocycles. The summed E-state index contributed by atoms with van der Waals surface area (Å²) in [5, 5.41) is 10.4. The van der Waals surface area contributed by atoms with Gasteiger partial charge in [0, 0.05) is 18.4 Å². The summed E-state index contributed by atoms with van der Waals surface area (Å²) in [5.41, 5.74) is 0.882. The van der Waals surface area contributed by atoms with Crippen LogP contribution in [0, 0.1) is 5.92 Å². The van der Waals surface area contributed by atoms with Gasteiger partial charge >= 0.3 is 0 Å². The van der Waals surface area contributed by atoms with E-state index in [2.05, 4.69) is 15.9 Å². The fraction of sp³-hybridized carbons (Fsp3) is 0.533. The Labute approximate surface area is 122 Å². The number of carbonyl (C=O) groups excluding carboxylic acids is 1. The SMILES string of the molecule is O=C(Cc1cccc(O)c1)N1CCCC(CCBr)C1. The fourth-order valence-electron chi connectivity index (χ4n) is 2.63. The minimum Gasteiger partial charge on any atom is -0.508 e. The molecule has 1 saturated heterocycles. The van der Waals surface area contributed by atoms with Crippen LogP contribution in [0.1, 0.15) is 24.8 Å². The van der Waals surface area contributed by atoms with E-state index >= 15 is 0 Å². The highest BCUT2D eigenvalue weighted by Gasteiger charge is 2.23. The quantitative estimate of drug-likeness (QED) is 0.864. The van der Waals surface area contributed by atoms with Crippen molar-refractivity contribution < 1.29 is 9.90 Å². The zero-order valence-corrected chi connectivity index (χ0v) is 12.6. The van der Waals surface area contributed by atoms with Crippen molar-refractivity contribution in [3.05, 3.63) is 29.8 Å². The lowest BCUT2D eigenvalue weighted by Crippen LogP contribution is -2.40. The molecule has 104 valence electrons. The summed E-state index contributed by atoms with van der Waals surface area (Å²) in [7, 11) is 0. The molecule has 1 aliphatic heterocycles. The topological polar surface area (TPSA) is 40.5 Å². The maximum atomic E-state index is 12.3. The van der Waals surface area contributed by atoms with Gasteiger partial charge in [-0.25, -0.2) is 0 Å². The molecule has 0 bridgehead atoms. The van der Waals surface area contributed by atoms with E-state index in [1.54, 1.807) is 18.2 Å². The van der Waals surface area contributed by atoms with Crippen LogP contribution in [0.5, 0.6) is 5.75 Å². The molecule has 1 aromatic carbocycles. The van der Waals surface area contributed by atoms with Gasteiger partial charge in [0.15, 0.2) is 0 Å². The predicted molar refractivity (Wildman–Crippen MR) is 79.5 cm³/mol. The lowest BCUT2D eigenvalue weighted by atomic mass is 9.95. The number of aromatic hydroxyl groups is 1. The summed E-state index contributed by atoms with van der Waals surface area (Å²) in [6.45, 7) is 1.75. The van der Waals surface area contributed by atoms with Crippen LogP contribution < -0.4 is 0 Å². The second-order valence-corrected chi connectivity index (χ2v) is 5.97. The number of amides is 1. The third-order valence-electron chi connectivity index (χ3n) is 3.65. The number of piperidine rings is 1. The number of nitrogens with zero attached hydrogens (tertiary/aromatic N) is 1. The third kappa shape index (κ3) is 4.23. The molecule has 3 nitrogen and oxygen atoms in total. The molecule has 2 rings (SSSR count). The highest BCUT2D eigenvalue weighted by Crippen LogP contribution is 2.21. The molecule has 1 N–H and O–H groups in total. The number of hydrogen-bond acceptors (Lipinski definition) is 2. The Morgan fingerprint density at radius 3 is 3.05 bits per heavy atom. The normalized spacial score (nSPS) is 19.4. The summed E-state index contributed by atoms with van der Waals surface area (Å²) in [6.07, 6.45) is 3.84. The number of phenolic OH excluding ortho intramolecular Hbond substituents is 1. The summed E-state index contributed by atoms with van der Waals surface area (Å²) >= 11 is 3.47. The van der Waals surface area contributed by atoms with Gasteiger partial charge in [-0.3, -0.25) is 4.79 Å². The number of halogens is 1. The first-order valence-electron chi connectivity index (χ1n) is 6.80. The van der Waals surface area contributed by atoms with Gasteiger partial charge in [0.05, 0.1) is 6.42 Å². The molecule has 1 fully saturated rings. The Hall–Kier alpha value is -1.03. The maximum absolute atomic E-state index is 12.3.